The van der Waals surface area contributed by atoms with Gasteiger partial charge in [0.25, 0.3) is 0 Å². The Balaban J connectivity index is 2.09. The van der Waals surface area contributed by atoms with E-state index in [9.17, 15) is 19.8 Å². The number of carboxylic acids is 2. The number of hydrogen-bond donors (Lipinski definition) is 2. The molecule has 0 aromatic heterocycles. The van der Waals surface area contributed by atoms with E-state index in [1.54, 1.807) is 6.08 Å². The molecule has 0 saturated heterocycles. The minimum atomic E-state index is -1.84. The molecule has 0 heterocycles. The van der Waals surface area contributed by atoms with Gasteiger partial charge >= 0.3 is 11.9 Å². The second-order valence-electron chi connectivity index (χ2n) is 4.93. The lowest BCUT2D eigenvalue weighted by Gasteiger charge is -2.25. The van der Waals surface area contributed by atoms with Gasteiger partial charge in [-0.05, 0) is 28.7 Å². The Labute approximate surface area is 109 Å². The third-order valence-electron chi connectivity index (χ3n) is 3.90. The van der Waals surface area contributed by atoms with Gasteiger partial charge in [-0.15, -0.1) is 0 Å². The van der Waals surface area contributed by atoms with Gasteiger partial charge in [0.2, 0.25) is 0 Å². The largest absolute Gasteiger partial charge is 0.480 e. The maximum atomic E-state index is 11.4. The molecule has 0 saturated carbocycles. The van der Waals surface area contributed by atoms with Gasteiger partial charge in [-0.1, -0.05) is 36.4 Å². The van der Waals surface area contributed by atoms with E-state index in [2.05, 4.69) is 0 Å². The second-order valence-corrected chi connectivity index (χ2v) is 4.93. The lowest BCUT2D eigenvalue weighted by atomic mass is 9.76. The summed E-state index contributed by atoms with van der Waals surface area (Å²) in [6, 6.07) is 7.73. The van der Waals surface area contributed by atoms with Crippen LogP contribution in [0.15, 0.2) is 42.0 Å². The predicted octanol–water partition coefficient (Wildman–Crippen LogP) is 2.11. The van der Waals surface area contributed by atoms with E-state index in [0.29, 0.717) is 0 Å². The molecule has 3 rings (SSSR count). The van der Waals surface area contributed by atoms with Crippen LogP contribution in [-0.4, -0.2) is 22.2 Å². The molecule has 4 heteroatoms. The van der Waals surface area contributed by atoms with Gasteiger partial charge in [0.15, 0.2) is 5.41 Å². The fraction of sp³-hybridized carbons (Fsp3) is 0.200. The predicted molar refractivity (Wildman–Crippen MR) is 68.5 cm³/mol. The van der Waals surface area contributed by atoms with Crippen LogP contribution in [0.2, 0.25) is 0 Å². The first-order valence-electron chi connectivity index (χ1n) is 6.01. The monoisotopic (exact) mass is 256 g/mol. The quantitative estimate of drug-likeness (QED) is 0.795. The molecule has 0 spiro atoms. The topological polar surface area (TPSA) is 74.6 Å². The molecule has 0 unspecified atom stereocenters. The Hall–Kier alpha value is -2.36. The van der Waals surface area contributed by atoms with Crippen molar-refractivity contribution in [3.8, 4) is 0 Å². The molecule has 0 radical (unpaired) electrons. The number of allylic oxidation sites excluding steroid dienone is 3. The molecule has 0 fully saturated rings. The van der Waals surface area contributed by atoms with Gasteiger partial charge in [0.05, 0.1) is 0 Å². The Kier molecular flexibility index (Phi) is 2.35. The Morgan fingerprint density at radius 3 is 2.47 bits per heavy atom. The molecule has 0 aliphatic heterocycles. The van der Waals surface area contributed by atoms with Crippen LogP contribution in [0.25, 0.3) is 5.57 Å². The molecule has 1 aromatic carbocycles. The fourth-order valence-electron chi connectivity index (χ4n) is 2.79. The van der Waals surface area contributed by atoms with Crippen molar-refractivity contribution < 1.29 is 19.8 Å². The van der Waals surface area contributed by atoms with Gasteiger partial charge < -0.3 is 10.2 Å². The van der Waals surface area contributed by atoms with E-state index in [4.69, 9.17) is 0 Å². The molecular weight excluding hydrogens is 244 g/mol. The molecule has 0 bridgehead atoms. The zero-order valence-corrected chi connectivity index (χ0v) is 10.1. The van der Waals surface area contributed by atoms with E-state index in [1.165, 1.54) is 6.08 Å². The Morgan fingerprint density at radius 1 is 1.11 bits per heavy atom. The maximum absolute atomic E-state index is 11.4. The van der Waals surface area contributed by atoms with Gasteiger partial charge in [-0.2, -0.15) is 0 Å². The smallest absolute Gasteiger partial charge is 0.325 e. The SMILES string of the molecule is O=C(O)C1(C(=O)O)C=CC2=C(C1)c1ccccc1C2. The summed E-state index contributed by atoms with van der Waals surface area (Å²) in [7, 11) is 0. The van der Waals surface area contributed by atoms with Crippen molar-refractivity contribution in [2.45, 2.75) is 12.8 Å². The molecule has 0 amide bonds. The van der Waals surface area contributed by atoms with Crippen LogP contribution in [0.1, 0.15) is 17.5 Å². The van der Waals surface area contributed by atoms with E-state index >= 15 is 0 Å². The van der Waals surface area contributed by atoms with Crippen molar-refractivity contribution in [2.75, 3.05) is 0 Å². The van der Waals surface area contributed by atoms with E-state index < -0.39 is 17.4 Å². The van der Waals surface area contributed by atoms with E-state index in [0.717, 1.165) is 28.7 Å². The summed E-state index contributed by atoms with van der Waals surface area (Å²) < 4.78 is 0. The standard InChI is InChI=1S/C15H12O4/c16-13(17)15(14(18)19)6-5-10-7-9-3-1-2-4-11(9)12(10)8-15/h1-6H,7-8H2,(H,16,17)(H,18,19). The fourth-order valence-corrected chi connectivity index (χ4v) is 2.79. The highest BCUT2D eigenvalue weighted by Gasteiger charge is 2.47. The highest BCUT2D eigenvalue weighted by atomic mass is 16.4. The second kappa shape index (κ2) is 3.82. The molecule has 4 nitrogen and oxygen atoms in total. The van der Waals surface area contributed by atoms with Crippen molar-refractivity contribution in [3.63, 3.8) is 0 Å². The normalized spacial score (nSPS) is 18.9. The molecular formula is C15H12O4. The van der Waals surface area contributed by atoms with Gasteiger partial charge in [-0.25, -0.2) is 0 Å². The number of aliphatic carboxylic acids is 2. The van der Waals surface area contributed by atoms with Gasteiger partial charge in [0, 0.05) is 6.42 Å². The third kappa shape index (κ3) is 1.53. The first-order chi connectivity index (χ1) is 9.04. The molecule has 2 N–H and O–H groups in total. The van der Waals surface area contributed by atoms with Crippen molar-refractivity contribution in [1.29, 1.82) is 0 Å². The third-order valence-corrected chi connectivity index (χ3v) is 3.90. The number of benzene rings is 1. The zero-order valence-electron chi connectivity index (χ0n) is 10.1. The summed E-state index contributed by atoms with van der Waals surface area (Å²) in [6.07, 6.45) is 3.72. The number of carboxylic acid groups (broad SMARTS) is 2. The lowest BCUT2D eigenvalue weighted by Crippen LogP contribution is -2.38. The summed E-state index contributed by atoms with van der Waals surface area (Å²) in [5.74, 6) is -2.63. The summed E-state index contributed by atoms with van der Waals surface area (Å²) in [6.45, 7) is 0. The lowest BCUT2D eigenvalue weighted by molar-refractivity contribution is -0.160. The van der Waals surface area contributed by atoms with Crippen molar-refractivity contribution in [3.05, 3.63) is 53.1 Å². The molecule has 2 aliphatic carbocycles. The van der Waals surface area contributed by atoms with E-state index in [1.807, 2.05) is 24.3 Å². The number of hydrogen-bond acceptors (Lipinski definition) is 2. The first-order valence-corrected chi connectivity index (χ1v) is 6.01. The van der Waals surface area contributed by atoms with Crippen LogP contribution in [-0.2, 0) is 16.0 Å². The van der Waals surface area contributed by atoms with Gasteiger partial charge in [0.1, 0.15) is 0 Å². The van der Waals surface area contributed by atoms with Crippen molar-refractivity contribution >= 4 is 17.5 Å². The number of carbonyl (C=O) groups is 2. The molecule has 0 atom stereocenters. The Morgan fingerprint density at radius 2 is 1.79 bits per heavy atom. The van der Waals surface area contributed by atoms with Crippen molar-refractivity contribution in [1.82, 2.24) is 0 Å². The van der Waals surface area contributed by atoms with Gasteiger partial charge in [-0.3, -0.25) is 9.59 Å². The summed E-state index contributed by atoms with van der Waals surface area (Å²) in [5.41, 5.74) is 2.15. The van der Waals surface area contributed by atoms with Crippen LogP contribution >= 0.6 is 0 Å². The molecule has 2 aliphatic rings. The first kappa shape index (κ1) is 11.7. The number of rotatable bonds is 2. The zero-order chi connectivity index (χ0) is 13.6. The highest BCUT2D eigenvalue weighted by molar-refractivity contribution is 6.04. The average molecular weight is 256 g/mol. The van der Waals surface area contributed by atoms with Crippen LogP contribution in [0, 0.1) is 5.41 Å². The van der Waals surface area contributed by atoms with Crippen molar-refractivity contribution in [2.24, 2.45) is 5.41 Å². The maximum Gasteiger partial charge on any atom is 0.325 e. The van der Waals surface area contributed by atoms with Crippen LogP contribution < -0.4 is 0 Å². The summed E-state index contributed by atoms with van der Waals surface area (Å²) in [4.78, 5) is 22.7. The Bertz CT molecular complexity index is 638. The summed E-state index contributed by atoms with van der Waals surface area (Å²) in [5, 5.41) is 18.5. The highest BCUT2D eigenvalue weighted by Crippen LogP contribution is 2.45. The molecule has 96 valence electrons. The van der Waals surface area contributed by atoms with Crippen LogP contribution in [0.4, 0.5) is 0 Å². The van der Waals surface area contributed by atoms with Crippen LogP contribution in [0.5, 0.6) is 0 Å². The minimum absolute atomic E-state index is 0.0144. The molecule has 19 heavy (non-hydrogen) atoms. The molecule has 1 aromatic rings. The number of fused-ring (bicyclic) bond motifs is 2. The summed E-state index contributed by atoms with van der Waals surface area (Å²) >= 11 is 0. The van der Waals surface area contributed by atoms with Crippen LogP contribution in [0.3, 0.4) is 0 Å². The minimum Gasteiger partial charge on any atom is -0.480 e. The van der Waals surface area contributed by atoms with E-state index in [-0.39, 0.29) is 6.42 Å². The average Bonchev–Trinajstić information content (AvgIpc) is 2.75.